The maximum absolute atomic E-state index is 11.9. The highest BCUT2D eigenvalue weighted by Gasteiger charge is 2.06. The van der Waals surface area contributed by atoms with E-state index in [9.17, 15) is 15.0 Å². The summed E-state index contributed by atoms with van der Waals surface area (Å²) in [6.07, 6.45) is 2.07. The number of rotatable bonds is 5. The number of nitrogens with one attached hydrogen (secondary N) is 1. The quantitative estimate of drug-likeness (QED) is 0.494. The molecule has 0 fully saturated rings. The van der Waals surface area contributed by atoms with Gasteiger partial charge in [0, 0.05) is 12.0 Å². The Labute approximate surface area is 145 Å². The standard InChI is InChI=1S/C20H18N2O3/c23-18-8-4-2-6-15(18)10-12-20(25)22-21-13-17-16-7-3-1-5-14(16)9-11-19(17)24/h1-9,11,13,23-24H,10,12H2,(H,22,25)/b21-13-. The molecule has 3 rings (SSSR count). The highest BCUT2D eigenvalue weighted by Crippen LogP contribution is 2.25. The molecular formula is C20H18N2O3. The summed E-state index contributed by atoms with van der Waals surface area (Å²) in [7, 11) is 0. The molecule has 3 N–H and O–H groups in total. The van der Waals surface area contributed by atoms with Crippen molar-refractivity contribution in [2.75, 3.05) is 0 Å². The average Bonchev–Trinajstić information content (AvgIpc) is 2.63. The summed E-state index contributed by atoms with van der Waals surface area (Å²) in [5, 5.41) is 25.5. The van der Waals surface area contributed by atoms with Gasteiger partial charge in [-0.2, -0.15) is 5.10 Å². The second-order valence-corrected chi connectivity index (χ2v) is 5.64. The molecule has 0 bridgehead atoms. The van der Waals surface area contributed by atoms with Gasteiger partial charge in [0.25, 0.3) is 0 Å². The fourth-order valence-electron chi connectivity index (χ4n) is 2.61. The number of carbonyl (C=O) groups excluding carboxylic acids is 1. The molecule has 0 spiro atoms. The molecule has 0 saturated heterocycles. The first-order valence-electron chi connectivity index (χ1n) is 7.94. The zero-order chi connectivity index (χ0) is 17.6. The van der Waals surface area contributed by atoms with Crippen molar-refractivity contribution >= 4 is 22.9 Å². The van der Waals surface area contributed by atoms with Crippen LogP contribution in [-0.2, 0) is 11.2 Å². The summed E-state index contributed by atoms with van der Waals surface area (Å²) in [6.45, 7) is 0. The largest absolute Gasteiger partial charge is 0.508 e. The molecule has 0 aliphatic heterocycles. The number of nitrogens with zero attached hydrogens (tertiary/aromatic N) is 1. The zero-order valence-corrected chi connectivity index (χ0v) is 13.5. The molecule has 1 amide bonds. The molecule has 0 aliphatic rings. The molecule has 5 nitrogen and oxygen atoms in total. The summed E-state index contributed by atoms with van der Waals surface area (Å²) in [5.74, 6) is 0.0182. The number of carbonyl (C=O) groups is 1. The number of para-hydroxylation sites is 1. The van der Waals surface area contributed by atoms with Crippen LogP contribution in [-0.4, -0.2) is 22.3 Å². The van der Waals surface area contributed by atoms with Crippen molar-refractivity contribution < 1.29 is 15.0 Å². The van der Waals surface area contributed by atoms with Gasteiger partial charge < -0.3 is 10.2 Å². The minimum atomic E-state index is -0.265. The van der Waals surface area contributed by atoms with E-state index in [0.717, 1.165) is 10.8 Å². The number of fused-ring (bicyclic) bond motifs is 1. The topological polar surface area (TPSA) is 81.9 Å². The lowest BCUT2D eigenvalue weighted by Crippen LogP contribution is -2.17. The predicted octanol–water partition coefficient (Wildman–Crippen LogP) is 3.33. The summed E-state index contributed by atoms with van der Waals surface area (Å²) in [6, 6.07) is 18.0. The van der Waals surface area contributed by atoms with Crippen LogP contribution in [0.25, 0.3) is 10.8 Å². The lowest BCUT2D eigenvalue weighted by atomic mass is 10.0. The molecule has 25 heavy (non-hydrogen) atoms. The van der Waals surface area contributed by atoms with Crippen molar-refractivity contribution in [3.05, 3.63) is 71.8 Å². The van der Waals surface area contributed by atoms with Gasteiger partial charge in [0.05, 0.1) is 6.21 Å². The van der Waals surface area contributed by atoms with E-state index in [4.69, 9.17) is 0 Å². The van der Waals surface area contributed by atoms with E-state index in [-0.39, 0.29) is 23.8 Å². The Bertz CT molecular complexity index is 935. The van der Waals surface area contributed by atoms with Crippen LogP contribution in [0.4, 0.5) is 0 Å². The van der Waals surface area contributed by atoms with E-state index in [0.29, 0.717) is 17.5 Å². The average molecular weight is 334 g/mol. The summed E-state index contributed by atoms with van der Waals surface area (Å²) >= 11 is 0. The summed E-state index contributed by atoms with van der Waals surface area (Å²) < 4.78 is 0. The minimum absolute atomic E-state index is 0.103. The van der Waals surface area contributed by atoms with Crippen LogP contribution in [0.5, 0.6) is 11.5 Å². The number of hydrogen-bond acceptors (Lipinski definition) is 4. The Morgan fingerprint density at radius 2 is 1.72 bits per heavy atom. The van der Waals surface area contributed by atoms with Crippen molar-refractivity contribution in [1.82, 2.24) is 5.43 Å². The molecule has 0 atom stereocenters. The minimum Gasteiger partial charge on any atom is -0.508 e. The van der Waals surface area contributed by atoms with Crippen LogP contribution in [0.2, 0.25) is 0 Å². The van der Waals surface area contributed by atoms with Gasteiger partial charge in [-0.1, -0.05) is 48.5 Å². The van der Waals surface area contributed by atoms with E-state index < -0.39 is 0 Å². The molecule has 0 aliphatic carbocycles. The summed E-state index contributed by atoms with van der Waals surface area (Å²) in [5.41, 5.74) is 3.72. The van der Waals surface area contributed by atoms with Gasteiger partial charge >= 0.3 is 0 Å². The maximum Gasteiger partial charge on any atom is 0.240 e. The highest BCUT2D eigenvalue weighted by molar-refractivity contribution is 6.02. The Hall–Kier alpha value is -3.34. The van der Waals surface area contributed by atoms with Crippen LogP contribution in [0, 0.1) is 0 Å². The monoisotopic (exact) mass is 334 g/mol. The van der Waals surface area contributed by atoms with E-state index >= 15 is 0 Å². The van der Waals surface area contributed by atoms with E-state index in [1.165, 1.54) is 6.21 Å². The van der Waals surface area contributed by atoms with Gasteiger partial charge in [-0.15, -0.1) is 0 Å². The highest BCUT2D eigenvalue weighted by atomic mass is 16.3. The normalized spacial score (nSPS) is 11.0. The molecule has 0 radical (unpaired) electrons. The molecule has 0 saturated carbocycles. The third-order valence-electron chi connectivity index (χ3n) is 3.94. The van der Waals surface area contributed by atoms with Gasteiger partial charge in [-0.05, 0) is 34.9 Å². The number of phenols is 2. The van der Waals surface area contributed by atoms with Crippen molar-refractivity contribution in [3.8, 4) is 11.5 Å². The number of benzene rings is 3. The van der Waals surface area contributed by atoms with Crippen molar-refractivity contribution in [1.29, 1.82) is 0 Å². The van der Waals surface area contributed by atoms with Crippen LogP contribution in [0.3, 0.4) is 0 Å². The van der Waals surface area contributed by atoms with Gasteiger partial charge in [0.15, 0.2) is 0 Å². The van der Waals surface area contributed by atoms with Gasteiger partial charge in [-0.25, -0.2) is 5.43 Å². The fourth-order valence-corrected chi connectivity index (χ4v) is 2.61. The van der Waals surface area contributed by atoms with Crippen LogP contribution in [0.15, 0.2) is 65.8 Å². The molecule has 0 heterocycles. The fraction of sp³-hybridized carbons (Fsp3) is 0.100. The number of hydrogen-bond donors (Lipinski definition) is 3. The molecular weight excluding hydrogens is 316 g/mol. The molecule has 126 valence electrons. The zero-order valence-electron chi connectivity index (χ0n) is 13.5. The second kappa shape index (κ2) is 7.49. The number of amides is 1. The first-order valence-corrected chi connectivity index (χ1v) is 7.94. The summed E-state index contributed by atoms with van der Waals surface area (Å²) in [4.78, 5) is 11.9. The number of aromatic hydroxyl groups is 2. The Morgan fingerprint density at radius 1 is 0.960 bits per heavy atom. The lowest BCUT2D eigenvalue weighted by molar-refractivity contribution is -0.121. The first kappa shape index (κ1) is 16.5. The van der Waals surface area contributed by atoms with Crippen molar-refractivity contribution in [3.63, 3.8) is 0 Å². The molecule has 3 aromatic carbocycles. The number of aryl methyl sites for hydroxylation is 1. The first-order chi connectivity index (χ1) is 12.1. The SMILES string of the molecule is O=C(CCc1ccccc1O)N/N=C\c1c(O)ccc2ccccc12. The number of hydrazone groups is 1. The molecule has 3 aromatic rings. The van der Waals surface area contributed by atoms with E-state index in [1.807, 2.05) is 36.4 Å². The lowest BCUT2D eigenvalue weighted by Gasteiger charge is -2.05. The molecule has 0 unspecified atom stereocenters. The predicted molar refractivity (Wildman–Crippen MR) is 97.8 cm³/mol. The van der Waals surface area contributed by atoms with E-state index in [2.05, 4.69) is 10.5 Å². The third-order valence-corrected chi connectivity index (χ3v) is 3.94. The van der Waals surface area contributed by atoms with Gasteiger partial charge in [0.1, 0.15) is 11.5 Å². The van der Waals surface area contributed by atoms with Gasteiger partial charge in [0.2, 0.25) is 5.91 Å². The van der Waals surface area contributed by atoms with Crippen LogP contribution in [0.1, 0.15) is 17.5 Å². The maximum atomic E-state index is 11.9. The Balaban J connectivity index is 1.64. The van der Waals surface area contributed by atoms with Crippen LogP contribution < -0.4 is 5.43 Å². The van der Waals surface area contributed by atoms with Crippen molar-refractivity contribution in [2.45, 2.75) is 12.8 Å². The van der Waals surface area contributed by atoms with Gasteiger partial charge in [-0.3, -0.25) is 4.79 Å². The molecule has 5 heteroatoms. The van der Waals surface area contributed by atoms with Crippen molar-refractivity contribution in [2.24, 2.45) is 5.10 Å². The third kappa shape index (κ3) is 3.95. The van der Waals surface area contributed by atoms with Crippen LogP contribution >= 0.6 is 0 Å². The molecule has 0 aromatic heterocycles. The van der Waals surface area contributed by atoms with E-state index in [1.54, 1.807) is 24.3 Å². The smallest absolute Gasteiger partial charge is 0.240 e. The number of phenolic OH excluding ortho intramolecular Hbond substituents is 2. The Kier molecular flexibility index (Phi) is 4.95. The second-order valence-electron chi connectivity index (χ2n) is 5.64. The Morgan fingerprint density at radius 3 is 2.56 bits per heavy atom.